The largest absolute Gasteiger partial charge is 0.463 e. The van der Waals surface area contributed by atoms with Gasteiger partial charge in [0.2, 0.25) is 5.76 Å². The fourth-order valence-corrected chi connectivity index (χ4v) is 1.69. The molecule has 0 atom stereocenters. The Morgan fingerprint density at radius 1 is 1.27 bits per heavy atom. The van der Waals surface area contributed by atoms with Gasteiger partial charge >= 0.3 is 12.1 Å². The van der Waals surface area contributed by atoms with Crippen molar-refractivity contribution in [3.05, 3.63) is 23.7 Å². The third kappa shape index (κ3) is 6.62. The van der Waals surface area contributed by atoms with E-state index in [2.05, 4.69) is 15.4 Å². The molecule has 124 valence electrons. The van der Waals surface area contributed by atoms with Crippen LogP contribution in [0.2, 0.25) is 0 Å². The Morgan fingerprint density at radius 2 is 2.00 bits per heavy atom. The van der Waals surface area contributed by atoms with E-state index in [0.29, 0.717) is 19.6 Å². The van der Waals surface area contributed by atoms with Gasteiger partial charge in [0, 0.05) is 18.7 Å². The summed E-state index contributed by atoms with van der Waals surface area (Å²) in [6.07, 6.45) is 1.77. The van der Waals surface area contributed by atoms with Crippen LogP contribution in [0.5, 0.6) is 0 Å². The highest BCUT2D eigenvalue weighted by atomic mass is 16.6. The van der Waals surface area contributed by atoms with Crippen molar-refractivity contribution in [2.45, 2.75) is 39.3 Å². The van der Waals surface area contributed by atoms with Gasteiger partial charge < -0.3 is 24.5 Å². The van der Waals surface area contributed by atoms with Gasteiger partial charge in [-0.2, -0.15) is 0 Å². The van der Waals surface area contributed by atoms with Gasteiger partial charge in [0.05, 0.1) is 13.4 Å². The number of hydrogen-bond acceptors (Lipinski definition) is 6. The number of carbonyl (C=O) groups is 2. The van der Waals surface area contributed by atoms with Gasteiger partial charge in [0.15, 0.2) is 0 Å². The number of furan rings is 1. The summed E-state index contributed by atoms with van der Waals surface area (Å²) in [5.41, 5.74) is 0.250. The van der Waals surface area contributed by atoms with Crippen LogP contribution in [0.4, 0.5) is 4.79 Å². The summed E-state index contributed by atoms with van der Waals surface area (Å²) in [5.74, 6) is -0.282. The summed E-state index contributed by atoms with van der Waals surface area (Å²) < 4.78 is 14.8. The van der Waals surface area contributed by atoms with Crippen molar-refractivity contribution < 1.29 is 23.5 Å². The molecule has 0 aliphatic rings. The lowest BCUT2D eigenvalue weighted by Gasteiger charge is -2.19. The van der Waals surface area contributed by atoms with Gasteiger partial charge in [-0.25, -0.2) is 9.59 Å². The molecule has 7 nitrogen and oxygen atoms in total. The minimum atomic E-state index is -0.492. The molecule has 0 saturated carbocycles. The second-order valence-electron chi connectivity index (χ2n) is 5.73. The Kier molecular flexibility index (Phi) is 6.91. The summed E-state index contributed by atoms with van der Waals surface area (Å²) in [6.45, 7) is 7.14. The second-order valence-corrected chi connectivity index (χ2v) is 5.73. The van der Waals surface area contributed by atoms with E-state index in [1.165, 1.54) is 13.4 Å². The first kappa shape index (κ1) is 18.0. The summed E-state index contributed by atoms with van der Waals surface area (Å²) in [4.78, 5) is 22.8. The third-order valence-electron chi connectivity index (χ3n) is 2.63. The smallest absolute Gasteiger partial charge is 0.407 e. The molecule has 1 aromatic rings. The van der Waals surface area contributed by atoms with Crippen LogP contribution in [0.1, 0.15) is 43.3 Å². The molecule has 0 fully saturated rings. The molecule has 0 spiro atoms. The Bertz CT molecular complexity index is 490. The van der Waals surface area contributed by atoms with E-state index in [-0.39, 0.29) is 5.76 Å². The van der Waals surface area contributed by atoms with Gasteiger partial charge in [0.1, 0.15) is 5.60 Å². The normalized spacial score (nSPS) is 11.1. The summed E-state index contributed by atoms with van der Waals surface area (Å²) >= 11 is 0. The predicted octanol–water partition coefficient (Wildman–Crippen LogP) is 2.07. The zero-order valence-corrected chi connectivity index (χ0v) is 13.5. The van der Waals surface area contributed by atoms with E-state index in [1.807, 2.05) is 20.8 Å². The van der Waals surface area contributed by atoms with E-state index in [4.69, 9.17) is 9.15 Å². The molecule has 1 aromatic heterocycles. The first-order chi connectivity index (χ1) is 10.3. The van der Waals surface area contributed by atoms with E-state index in [1.54, 1.807) is 6.07 Å². The van der Waals surface area contributed by atoms with Crippen molar-refractivity contribution in [3.63, 3.8) is 0 Å². The monoisotopic (exact) mass is 312 g/mol. The van der Waals surface area contributed by atoms with Gasteiger partial charge in [0.25, 0.3) is 0 Å². The van der Waals surface area contributed by atoms with Crippen molar-refractivity contribution in [1.29, 1.82) is 0 Å². The average Bonchev–Trinajstić information content (AvgIpc) is 2.88. The van der Waals surface area contributed by atoms with E-state index in [9.17, 15) is 9.59 Å². The first-order valence-corrected chi connectivity index (χ1v) is 7.15. The highest BCUT2D eigenvalue weighted by molar-refractivity contribution is 5.87. The molecule has 0 saturated heterocycles. The molecule has 22 heavy (non-hydrogen) atoms. The first-order valence-electron chi connectivity index (χ1n) is 7.15. The number of ether oxygens (including phenoxy) is 2. The molecule has 1 rings (SSSR count). The number of amides is 1. The number of esters is 1. The van der Waals surface area contributed by atoms with Crippen molar-refractivity contribution >= 4 is 12.1 Å². The number of hydrogen-bond donors (Lipinski definition) is 2. The Balaban J connectivity index is 2.18. The van der Waals surface area contributed by atoms with E-state index < -0.39 is 17.7 Å². The molecular weight excluding hydrogens is 288 g/mol. The average molecular weight is 312 g/mol. The van der Waals surface area contributed by atoms with Gasteiger partial charge in [-0.15, -0.1) is 0 Å². The molecule has 1 heterocycles. The summed E-state index contributed by atoms with van der Waals surface area (Å²) in [7, 11) is 1.31. The lowest BCUT2D eigenvalue weighted by molar-refractivity contribution is 0.0524. The molecule has 0 radical (unpaired) electrons. The number of rotatable bonds is 7. The SMILES string of the molecule is COC(=O)c1occc1CNCCCNC(=O)OC(C)(C)C. The quantitative estimate of drug-likeness (QED) is 0.592. The number of alkyl carbamates (subject to hydrolysis) is 1. The number of nitrogens with one attached hydrogen (secondary N) is 2. The standard InChI is InChI=1S/C15H24N2O5/c1-15(2,3)22-14(19)17-8-5-7-16-10-11-6-9-21-12(11)13(18)20-4/h6,9,16H,5,7-8,10H2,1-4H3,(H,17,19). The summed E-state index contributed by atoms with van der Waals surface area (Å²) in [6, 6.07) is 1.72. The van der Waals surface area contributed by atoms with Crippen LogP contribution >= 0.6 is 0 Å². The zero-order valence-electron chi connectivity index (χ0n) is 13.5. The molecule has 0 aliphatic carbocycles. The highest BCUT2D eigenvalue weighted by Gasteiger charge is 2.16. The van der Waals surface area contributed by atoms with Crippen LogP contribution in [0.15, 0.2) is 16.7 Å². The van der Waals surface area contributed by atoms with Crippen LogP contribution in [0, 0.1) is 0 Å². The minimum absolute atomic E-state index is 0.210. The molecule has 1 amide bonds. The molecule has 7 heteroatoms. The minimum Gasteiger partial charge on any atom is -0.463 e. The van der Waals surface area contributed by atoms with Crippen LogP contribution in [-0.2, 0) is 16.0 Å². The lowest BCUT2D eigenvalue weighted by Crippen LogP contribution is -2.33. The maximum atomic E-state index is 11.4. The maximum absolute atomic E-state index is 11.4. The van der Waals surface area contributed by atoms with E-state index in [0.717, 1.165) is 12.0 Å². The molecule has 0 bridgehead atoms. The molecule has 0 unspecified atom stereocenters. The molecular formula is C15H24N2O5. The lowest BCUT2D eigenvalue weighted by atomic mass is 10.2. The van der Waals surface area contributed by atoms with Crippen molar-refractivity contribution in [2.75, 3.05) is 20.2 Å². The predicted molar refractivity (Wildman–Crippen MR) is 80.6 cm³/mol. The van der Waals surface area contributed by atoms with Crippen LogP contribution in [-0.4, -0.2) is 37.9 Å². The van der Waals surface area contributed by atoms with Gasteiger partial charge in [-0.1, -0.05) is 0 Å². The van der Waals surface area contributed by atoms with Crippen molar-refractivity contribution in [3.8, 4) is 0 Å². The molecule has 0 aliphatic heterocycles. The van der Waals surface area contributed by atoms with Crippen LogP contribution in [0.25, 0.3) is 0 Å². The highest BCUT2D eigenvalue weighted by Crippen LogP contribution is 2.11. The molecule has 2 N–H and O–H groups in total. The van der Waals surface area contributed by atoms with Crippen LogP contribution in [0.3, 0.4) is 0 Å². The Hall–Kier alpha value is -2.02. The van der Waals surface area contributed by atoms with E-state index >= 15 is 0 Å². The van der Waals surface area contributed by atoms with Crippen molar-refractivity contribution in [1.82, 2.24) is 10.6 Å². The van der Waals surface area contributed by atoms with Gasteiger partial charge in [-0.05, 0) is 39.8 Å². The summed E-state index contributed by atoms with van der Waals surface area (Å²) in [5, 5.41) is 5.85. The number of carbonyl (C=O) groups excluding carboxylic acids is 2. The van der Waals surface area contributed by atoms with Crippen LogP contribution < -0.4 is 10.6 Å². The zero-order chi connectivity index (χ0) is 16.6. The van der Waals surface area contributed by atoms with Crippen molar-refractivity contribution in [2.24, 2.45) is 0 Å². The maximum Gasteiger partial charge on any atom is 0.407 e. The Morgan fingerprint density at radius 3 is 2.64 bits per heavy atom. The fourth-order valence-electron chi connectivity index (χ4n) is 1.69. The second kappa shape index (κ2) is 8.43. The Labute approximate surface area is 130 Å². The fraction of sp³-hybridized carbons (Fsp3) is 0.600. The molecule has 0 aromatic carbocycles. The number of methoxy groups -OCH3 is 1. The third-order valence-corrected chi connectivity index (χ3v) is 2.63. The topological polar surface area (TPSA) is 89.8 Å². The van der Waals surface area contributed by atoms with Gasteiger partial charge in [-0.3, -0.25) is 0 Å².